The van der Waals surface area contributed by atoms with Crippen LogP contribution in [0, 0.1) is 11.7 Å². The van der Waals surface area contributed by atoms with Crippen LogP contribution in [0.15, 0.2) is 36.4 Å². The van der Waals surface area contributed by atoms with Crippen molar-refractivity contribution in [2.24, 2.45) is 5.92 Å². The lowest BCUT2D eigenvalue weighted by Crippen LogP contribution is -2.54. The van der Waals surface area contributed by atoms with Gasteiger partial charge in [0, 0.05) is 42.4 Å². The number of benzene rings is 2. The third kappa shape index (κ3) is 8.99. The lowest BCUT2D eigenvalue weighted by molar-refractivity contribution is -0.138. The minimum absolute atomic E-state index is 0.0165. The zero-order chi connectivity index (χ0) is 41.1. The first-order valence-electron chi connectivity index (χ1n) is 19.6. The highest BCUT2D eigenvalue weighted by Gasteiger charge is 2.42. The molecule has 6 atom stereocenters. The Bertz CT molecular complexity index is 2130. The number of carbonyl (C=O) groups excluding carboxylic acids is 4. The molecule has 6 rings (SSSR count). The van der Waals surface area contributed by atoms with Crippen molar-refractivity contribution in [3.05, 3.63) is 47.8 Å². The number of rotatable bonds is 15. The van der Waals surface area contributed by atoms with Gasteiger partial charge >= 0.3 is 0 Å². The van der Waals surface area contributed by atoms with Gasteiger partial charge in [0.1, 0.15) is 38.1 Å². The topological polar surface area (TPSA) is 156 Å². The summed E-state index contributed by atoms with van der Waals surface area (Å²) in [5, 5.41) is 11.9. The fourth-order valence-electron chi connectivity index (χ4n) is 8.25. The van der Waals surface area contributed by atoms with E-state index in [2.05, 4.69) is 26.3 Å². The number of halogens is 3. The second kappa shape index (κ2) is 17.7. The largest absolute Gasteiger partial charge is 0.352 e. The first kappa shape index (κ1) is 41.7. The number of nitrogens with one attached hydrogen (secondary N) is 5. The molecule has 2 aromatic carbocycles. The van der Waals surface area contributed by atoms with E-state index in [1.807, 2.05) is 24.5 Å². The van der Waals surface area contributed by atoms with Gasteiger partial charge in [0.2, 0.25) is 23.6 Å². The number of H-pyrrole nitrogens is 1. The number of likely N-dealkylation sites (N-methyl/N-ethyl adjacent to an activating group) is 2. The highest BCUT2D eigenvalue weighted by atomic mass is 19.1. The molecule has 2 fully saturated rings. The molecule has 2 aromatic heterocycles. The predicted octanol–water partition coefficient (Wildman–Crippen LogP) is 2.01. The van der Waals surface area contributed by atoms with Crippen molar-refractivity contribution in [2.45, 2.75) is 89.5 Å². The van der Waals surface area contributed by atoms with Gasteiger partial charge in [-0.05, 0) is 56.6 Å². The highest BCUT2D eigenvalue weighted by molar-refractivity contribution is 6.33. The Morgan fingerprint density at radius 3 is 2.21 bits per heavy atom. The monoisotopic (exact) mass is 789 g/mol. The lowest BCUT2D eigenvalue weighted by atomic mass is 9.93. The van der Waals surface area contributed by atoms with Crippen LogP contribution < -0.4 is 26.7 Å². The fourth-order valence-corrected chi connectivity index (χ4v) is 8.25. The molecule has 5 N–H and O–H groups in total. The number of nitrogens with zero attached hydrogens (tertiary/aromatic N) is 4. The zero-order valence-corrected chi connectivity index (χ0v) is 33.0. The molecule has 17 heteroatoms. The summed E-state index contributed by atoms with van der Waals surface area (Å²) < 4.78 is 47.3. The van der Waals surface area contributed by atoms with E-state index in [0.717, 1.165) is 5.39 Å². The van der Waals surface area contributed by atoms with Crippen LogP contribution in [0.3, 0.4) is 0 Å². The van der Waals surface area contributed by atoms with Crippen LogP contribution in [0.5, 0.6) is 0 Å². The maximum atomic E-state index is 15.4. The molecule has 4 heterocycles. The van der Waals surface area contributed by atoms with Crippen molar-refractivity contribution in [2.75, 3.05) is 40.3 Å². The lowest BCUT2D eigenvalue weighted by Gasteiger charge is -2.31. The number of hydrogen-bond donors (Lipinski definition) is 5. The number of likely N-dealkylation sites (tertiary alicyclic amines) is 2. The third-order valence-electron chi connectivity index (χ3n) is 11.0. The molecule has 2 aliphatic heterocycles. The highest BCUT2D eigenvalue weighted by Crippen LogP contribution is 2.37. The van der Waals surface area contributed by atoms with E-state index in [9.17, 15) is 23.6 Å². The maximum absolute atomic E-state index is 15.4. The summed E-state index contributed by atoms with van der Waals surface area (Å²) in [6, 6.07) is 6.56. The average molecular weight is 790 g/mol. The van der Waals surface area contributed by atoms with Crippen LogP contribution in [0.1, 0.15) is 45.6 Å². The van der Waals surface area contributed by atoms with Crippen LogP contribution in [0.4, 0.5) is 13.2 Å². The van der Waals surface area contributed by atoms with Gasteiger partial charge in [-0.25, -0.2) is 18.2 Å². The molecule has 0 spiro atoms. The molecular formula is C40H51BF3N9O4. The molecule has 2 saturated heterocycles. The molecule has 0 bridgehead atoms. The molecule has 4 aromatic rings. The van der Waals surface area contributed by atoms with Crippen LogP contribution >= 0.6 is 0 Å². The number of hydrogen-bond acceptors (Lipinski definition) is 7. The number of carbonyl (C=O) groups is 4. The molecule has 6 unspecified atom stereocenters. The first-order valence-corrected chi connectivity index (χ1v) is 19.6. The van der Waals surface area contributed by atoms with E-state index in [0.29, 0.717) is 45.5 Å². The number of amides is 4. The van der Waals surface area contributed by atoms with Gasteiger partial charge in [-0.2, -0.15) is 0 Å². The van der Waals surface area contributed by atoms with Crippen molar-refractivity contribution in [1.29, 1.82) is 0 Å². The second-order valence-electron chi connectivity index (χ2n) is 15.5. The van der Waals surface area contributed by atoms with Crippen LogP contribution in [0.25, 0.3) is 33.5 Å². The Morgan fingerprint density at radius 1 is 0.912 bits per heavy atom. The van der Waals surface area contributed by atoms with E-state index < -0.39 is 48.2 Å². The Balaban J connectivity index is 1.41. The van der Waals surface area contributed by atoms with Gasteiger partial charge in [0.05, 0.1) is 48.9 Å². The summed E-state index contributed by atoms with van der Waals surface area (Å²) in [6.45, 7) is 5.24. The van der Waals surface area contributed by atoms with Crippen molar-refractivity contribution in [1.82, 2.24) is 45.6 Å². The number of imidazole rings is 1. The van der Waals surface area contributed by atoms with Gasteiger partial charge in [-0.15, -0.1) is 0 Å². The zero-order valence-electron chi connectivity index (χ0n) is 33.0. The number of fused-ring (bicyclic) bond motifs is 2. The summed E-state index contributed by atoms with van der Waals surface area (Å²) in [7, 11) is 9.47. The van der Waals surface area contributed by atoms with Gasteiger partial charge in [-0.1, -0.05) is 38.4 Å². The van der Waals surface area contributed by atoms with Gasteiger partial charge in [-0.3, -0.25) is 19.2 Å². The van der Waals surface area contributed by atoms with E-state index in [1.54, 1.807) is 39.2 Å². The Kier molecular flexibility index (Phi) is 13.0. The Labute approximate surface area is 331 Å². The number of aromatic nitrogens is 3. The van der Waals surface area contributed by atoms with E-state index in [1.165, 1.54) is 21.9 Å². The molecule has 2 aliphatic rings. The average Bonchev–Trinajstić information content (AvgIpc) is 3.91. The van der Waals surface area contributed by atoms with Crippen molar-refractivity contribution < 1.29 is 32.3 Å². The van der Waals surface area contributed by atoms with E-state index in [-0.39, 0.29) is 75.6 Å². The standard InChI is InChI=1S/C40H51BF3N9O4/c1-6-30(47-34(54)16-45-4)39(56)52-19-25(44)13-27(52)20-53-33-10-8-23(42)14-32(33)49-38(53)37-29(28-9-7-22(41)11-31(28)48-37)15-26-12-24(43)18-51(26)40(57)36(21(2)3)50-35(55)17-46-5/h7-11,14,21,24-27,30,36,45-46,48H,6,12-13,15-20H2,1-5H3,(H,47,54)(H,50,55). The van der Waals surface area contributed by atoms with Crippen LogP contribution in [0.2, 0.25) is 0 Å². The Hall–Kier alpha value is -4.90. The minimum atomic E-state index is -1.32. The van der Waals surface area contributed by atoms with E-state index in [4.69, 9.17) is 12.8 Å². The summed E-state index contributed by atoms with van der Waals surface area (Å²) in [6.07, 6.45) is -2.03. The predicted molar refractivity (Wildman–Crippen MR) is 213 cm³/mol. The van der Waals surface area contributed by atoms with Crippen LogP contribution in [-0.2, 0) is 32.1 Å². The SMILES string of the molecule is [B]c1ccc2c(CC3CC(F)CN3C(=O)C(NC(=O)CNC)C(C)C)c(-c3nc4cc(F)ccc4n3CC3CC(F)CN3C(=O)C(CC)NC(=O)CNC)[nH]c2c1. The normalized spacial score (nSPS) is 20.8. The molecule has 0 saturated carbocycles. The molecule has 304 valence electrons. The van der Waals surface area contributed by atoms with Gasteiger partial charge in [0.15, 0.2) is 5.82 Å². The first-order chi connectivity index (χ1) is 27.2. The van der Waals surface area contributed by atoms with Gasteiger partial charge < -0.3 is 40.6 Å². The molecule has 0 aliphatic carbocycles. The van der Waals surface area contributed by atoms with Crippen molar-refractivity contribution >= 4 is 58.9 Å². The fraction of sp³-hybridized carbons (Fsp3) is 0.525. The molecule has 2 radical (unpaired) electrons. The van der Waals surface area contributed by atoms with Crippen LogP contribution in [-0.4, -0.2) is 133 Å². The van der Waals surface area contributed by atoms with Crippen molar-refractivity contribution in [3.63, 3.8) is 0 Å². The minimum Gasteiger partial charge on any atom is -0.352 e. The third-order valence-corrected chi connectivity index (χ3v) is 11.0. The second-order valence-corrected chi connectivity index (χ2v) is 15.5. The number of aromatic amines is 1. The Morgan fingerprint density at radius 2 is 1.56 bits per heavy atom. The van der Waals surface area contributed by atoms with Crippen molar-refractivity contribution in [3.8, 4) is 11.5 Å². The van der Waals surface area contributed by atoms with Gasteiger partial charge in [0.25, 0.3) is 0 Å². The summed E-state index contributed by atoms with van der Waals surface area (Å²) >= 11 is 0. The van der Waals surface area contributed by atoms with E-state index >= 15 is 8.78 Å². The summed E-state index contributed by atoms with van der Waals surface area (Å²) in [5.41, 5.74) is 3.23. The smallest absolute Gasteiger partial charge is 0.245 e. The molecule has 4 amide bonds. The summed E-state index contributed by atoms with van der Waals surface area (Å²) in [4.78, 5) is 64.3. The molecule has 57 heavy (non-hydrogen) atoms. The summed E-state index contributed by atoms with van der Waals surface area (Å²) in [5.74, 6) is -1.91. The quantitative estimate of drug-likeness (QED) is 0.116. The maximum Gasteiger partial charge on any atom is 0.245 e. The molecule has 13 nitrogen and oxygen atoms in total. The number of alkyl halides is 2. The molecular weight excluding hydrogens is 738 g/mol.